The Bertz CT molecular complexity index is 736. The molecule has 0 spiro atoms. The Labute approximate surface area is 284 Å². The van der Waals surface area contributed by atoms with E-state index in [1.54, 1.807) is 6.92 Å². The molecule has 3 atom stereocenters. The van der Waals surface area contributed by atoms with E-state index in [2.05, 4.69) is 28.1 Å². The van der Waals surface area contributed by atoms with Crippen molar-refractivity contribution >= 4 is 13.9 Å². The van der Waals surface area contributed by atoms with E-state index >= 15 is 0 Å². The Balaban J connectivity index is 3.86. The zero-order valence-electron chi connectivity index (χ0n) is 30.8. The molecule has 0 radical (unpaired) electrons. The lowest BCUT2D eigenvalue weighted by Crippen LogP contribution is -2.35. The second kappa shape index (κ2) is 30.4. The lowest BCUT2D eigenvalue weighted by molar-refractivity contribution is -0.870. The molecule has 0 aliphatic heterocycles. The number of carbonyl (C=O) groups is 1. The quantitative estimate of drug-likeness (QED) is 0.0307. The predicted molar refractivity (Wildman–Crippen MR) is 188 cm³/mol. The van der Waals surface area contributed by atoms with Crippen LogP contribution in [-0.4, -0.2) is 64.4 Å². The van der Waals surface area contributed by atoms with Crippen LogP contribution in [-0.2, 0) is 23.1 Å². The van der Waals surface area contributed by atoms with Gasteiger partial charge >= 0.3 is 6.09 Å². The Morgan fingerprint density at radius 1 is 0.652 bits per heavy atom. The summed E-state index contributed by atoms with van der Waals surface area (Å²) in [4.78, 5) is 23.6. The molecule has 0 saturated heterocycles. The van der Waals surface area contributed by atoms with Gasteiger partial charge in [0.25, 0.3) is 7.82 Å². The van der Waals surface area contributed by atoms with Crippen LogP contribution >= 0.6 is 7.82 Å². The summed E-state index contributed by atoms with van der Waals surface area (Å²) in [5.41, 5.74) is 5.22. The van der Waals surface area contributed by atoms with Crippen molar-refractivity contribution in [3.8, 4) is 0 Å². The third-order valence-corrected chi connectivity index (χ3v) is 9.41. The van der Waals surface area contributed by atoms with Crippen molar-refractivity contribution in [1.82, 2.24) is 0 Å². The first-order chi connectivity index (χ1) is 22.0. The minimum atomic E-state index is -4.45. The van der Waals surface area contributed by atoms with E-state index in [-0.39, 0.29) is 13.2 Å². The molecule has 0 aliphatic carbocycles. The highest BCUT2D eigenvalue weighted by atomic mass is 31.2. The summed E-state index contributed by atoms with van der Waals surface area (Å²) in [5, 5.41) is 0. The zero-order chi connectivity index (χ0) is 34.4. The number of phosphoric ester groups is 1. The molecule has 0 aromatic heterocycles. The number of unbranched alkanes of at least 4 members (excludes halogenated alkanes) is 22. The molecule has 0 saturated carbocycles. The van der Waals surface area contributed by atoms with Crippen LogP contribution in [0.1, 0.15) is 168 Å². The van der Waals surface area contributed by atoms with Crippen molar-refractivity contribution in [2.75, 3.05) is 47.5 Å². The lowest BCUT2D eigenvalue weighted by Gasteiger charge is -2.27. The first-order valence-corrected chi connectivity index (χ1v) is 20.4. The van der Waals surface area contributed by atoms with Crippen LogP contribution in [0.4, 0.5) is 4.79 Å². The molecule has 46 heavy (non-hydrogen) atoms. The molecular weight excluding hydrogens is 603 g/mol. The number of ether oxygens (including phenoxy) is 2. The molecule has 3 unspecified atom stereocenters. The number of hydrogen-bond acceptors (Lipinski definition) is 7. The Kier molecular flexibility index (Phi) is 29.9. The topological polar surface area (TPSA) is 120 Å². The summed E-state index contributed by atoms with van der Waals surface area (Å²) in [6.07, 6.45) is 27.5. The summed E-state index contributed by atoms with van der Waals surface area (Å²) < 4.78 is 34.2. The first-order valence-electron chi connectivity index (χ1n) is 18.9. The van der Waals surface area contributed by atoms with Crippen LogP contribution in [0.5, 0.6) is 0 Å². The Hall–Kier alpha value is -0.700. The minimum Gasteiger partial charge on any atom is -0.756 e. The second-order valence-corrected chi connectivity index (χ2v) is 15.8. The van der Waals surface area contributed by atoms with Gasteiger partial charge in [-0.25, -0.2) is 4.79 Å². The molecule has 0 fully saturated rings. The average Bonchev–Trinajstić information content (AvgIpc) is 2.98. The fourth-order valence-electron chi connectivity index (χ4n) is 5.53. The van der Waals surface area contributed by atoms with Crippen molar-refractivity contribution in [3.05, 3.63) is 0 Å². The first kappa shape index (κ1) is 45.3. The molecule has 0 aromatic carbocycles. The molecule has 9 nitrogen and oxygen atoms in total. The van der Waals surface area contributed by atoms with Crippen molar-refractivity contribution in [3.63, 3.8) is 0 Å². The SMILES string of the molecule is CCCCCCCCCCCCCCCCCCOC(OC(N)=O)C(C)COP(=O)([O-])OCCCCCCCCCC[N+](C)(C)C. The fourth-order valence-corrected chi connectivity index (χ4v) is 6.37. The van der Waals surface area contributed by atoms with E-state index in [1.807, 2.05) is 0 Å². The molecule has 0 bridgehead atoms. The van der Waals surface area contributed by atoms with Gasteiger partial charge in [0, 0.05) is 5.92 Å². The number of primary amides is 1. The highest BCUT2D eigenvalue weighted by Gasteiger charge is 2.24. The highest BCUT2D eigenvalue weighted by Crippen LogP contribution is 2.39. The molecule has 10 heteroatoms. The van der Waals surface area contributed by atoms with E-state index in [0.29, 0.717) is 13.0 Å². The van der Waals surface area contributed by atoms with Crippen molar-refractivity contribution in [2.45, 2.75) is 174 Å². The van der Waals surface area contributed by atoms with Gasteiger partial charge in [-0.3, -0.25) is 4.57 Å². The fraction of sp³-hybridized carbons (Fsp3) is 0.972. The largest absolute Gasteiger partial charge is 0.756 e. The number of carbonyl (C=O) groups excluding carboxylic acids is 1. The maximum absolute atomic E-state index is 12.2. The molecular formula is C36H75N2O7P. The van der Waals surface area contributed by atoms with Crippen LogP contribution < -0.4 is 10.6 Å². The summed E-state index contributed by atoms with van der Waals surface area (Å²) >= 11 is 0. The maximum Gasteiger partial charge on any atom is 0.406 e. The molecule has 0 aliphatic rings. The summed E-state index contributed by atoms with van der Waals surface area (Å²) in [6.45, 7) is 5.47. The van der Waals surface area contributed by atoms with Gasteiger partial charge in [-0.2, -0.15) is 0 Å². The summed E-state index contributed by atoms with van der Waals surface area (Å²) in [7, 11) is 2.22. The summed E-state index contributed by atoms with van der Waals surface area (Å²) in [5.74, 6) is -0.526. The van der Waals surface area contributed by atoms with Crippen LogP contribution in [0, 0.1) is 5.92 Å². The molecule has 0 aromatic rings. The van der Waals surface area contributed by atoms with E-state index in [1.165, 1.54) is 116 Å². The van der Waals surface area contributed by atoms with Gasteiger partial charge < -0.3 is 33.6 Å². The van der Waals surface area contributed by atoms with E-state index in [4.69, 9.17) is 24.3 Å². The van der Waals surface area contributed by atoms with Gasteiger partial charge in [0.15, 0.2) is 0 Å². The smallest absolute Gasteiger partial charge is 0.406 e. The van der Waals surface area contributed by atoms with E-state index in [9.17, 15) is 14.3 Å². The number of rotatable bonds is 35. The van der Waals surface area contributed by atoms with E-state index < -0.39 is 26.1 Å². The molecule has 0 heterocycles. The van der Waals surface area contributed by atoms with Crippen LogP contribution in [0.3, 0.4) is 0 Å². The average molecular weight is 679 g/mol. The Morgan fingerprint density at radius 2 is 1.04 bits per heavy atom. The van der Waals surface area contributed by atoms with Gasteiger partial charge in [-0.15, -0.1) is 0 Å². The van der Waals surface area contributed by atoms with Crippen LogP contribution in [0.25, 0.3) is 0 Å². The molecule has 2 N–H and O–H groups in total. The predicted octanol–water partition coefficient (Wildman–Crippen LogP) is 9.65. The van der Waals surface area contributed by atoms with Crippen molar-refractivity contribution < 1.29 is 37.3 Å². The van der Waals surface area contributed by atoms with Gasteiger partial charge in [-0.05, 0) is 25.7 Å². The number of quaternary nitrogens is 1. The van der Waals surface area contributed by atoms with Gasteiger partial charge in [-0.1, -0.05) is 142 Å². The molecule has 276 valence electrons. The van der Waals surface area contributed by atoms with Gasteiger partial charge in [0.05, 0.1) is 47.5 Å². The lowest BCUT2D eigenvalue weighted by atomic mass is 10.0. The second-order valence-electron chi connectivity index (χ2n) is 14.4. The van der Waals surface area contributed by atoms with Crippen molar-refractivity contribution in [2.24, 2.45) is 11.7 Å². The minimum absolute atomic E-state index is 0.107. The van der Waals surface area contributed by atoms with E-state index in [0.717, 1.165) is 43.0 Å². The maximum atomic E-state index is 12.2. The normalized spacial score (nSPS) is 14.7. The van der Waals surface area contributed by atoms with Crippen LogP contribution in [0.15, 0.2) is 0 Å². The van der Waals surface area contributed by atoms with Crippen molar-refractivity contribution in [1.29, 1.82) is 0 Å². The third-order valence-electron chi connectivity index (χ3n) is 8.45. The third kappa shape index (κ3) is 33.2. The van der Waals surface area contributed by atoms with Crippen LogP contribution in [0.2, 0.25) is 0 Å². The summed E-state index contributed by atoms with van der Waals surface area (Å²) in [6, 6.07) is 0. The molecule has 1 amide bonds. The standard InChI is InChI=1S/C36H75N2O7P/c1-6-7-8-9-10-11-12-13-14-15-16-17-19-22-25-28-31-42-35(45-36(37)39)34(2)33-44-46(40,41)43-32-29-26-23-20-18-21-24-27-30-38(3,4)5/h34-35H,6-33H2,1-5H3,(H2-,37,39,40,41). The highest BCUT2D eigenvalue weighted by molar-refractivity contribution is 7.45. The molecule has 0 rings (SSSR count). The van der Waals surface area contributed by atoms with Gasteiger partial charge in [0.1, 0.15) is 0 Å². The number of hydrogen-bond donors (Lipinski definition) is 1. The monoisotopic (exact) mass is 679 g/mol. The number of amides is 1. The number of nitrogens with zero attached hydrogens (tertiary/aromatic N) is 1. The number of phosphoric acid groups is 1. The number of nitrogens with two attached hydrogens (primary N) is 1. The van der Waals surface area contributed by atoms with Gasteiger partial charge in [0.2, 0.25) is 6.29 Å². The zero-order valence-corrected chi connectivity index (χ0v) is 31.7. The Morgan fingerprint density at radius 3 is 1.46 bits per heavy atom.